The second-order valence-electron chi connectivity index (χ2n) is 7.65. The average Bonchev–Trinajstić information content (AvgIpc) is 3.15. The first kappa shape index (κ1) is 19.7. The van der Waals surface area contributed by atoms with E-state index in [1.807, 2.05) is 42.6 Å². The largest absolute Gasteiger partial charge is 0.386 e. The quantitative estimate of drug-likeness (QED) is 0.528. The minimum Gasteiger partial charge on any atom is -0.386 e. The van der Waals surface area contributed by atoms with Crippen molar-refractivity contribution in [3.63, 3.8) is 0 Å². The maximum Gasteiger partial charge on any atom is 0.228 e. The van der Waals surface area contributed by atoms with Crippen LogP contribution in [0.3, 0.4) is 0 Å². The first-order chi connectivity index (χ1) is 14.3. The lowest BCUT2D eigenvalue weighted by Gasteiger charge is -2.19. The lowest BCUT2D eigenvalue weighted by Crippen LogP contribution is -2.18. The van der Waals surface area contributed by atoms with E-state index >= 15 is 0 Å². The smallest absolute Gasteiger partial charge is 0.228 e. The number of halogens is 1. The van der Waals surface area contributed by atoms with Crippen LogP contribution in [0.4, 0.5) is 10.1 Å². The SMILES string of the molecule is CC(C)(O)c1ccc(NC(=O)Cc2ccc(-c3ccn4ncnc4c3)cc2)cc1F. The summed E-state index contributed by atoms with van der Waals surface area (Å²) in [6.45, 7) is 3.02. The van der Waals surface area contributed by atoms with E-state index < -0.39 is 11.4 Å². The van der Waals surface area contributed by atoms with Crippen LogP contribution in [0.1, 0.15) is 25.0 Å². The van der Waals surface area contributed by atoms with Gasteiger partial charge < -0.3 is 10.4 Å². The van der Waals surface area contributed by atoms with E-state index in [-0.39, 0.29) is 17.9 Å². The molecule has 4 rings (SSSR count). The van der Waals surface area contributed by atoms with E-state index in [1.54, 1.807) is 10.6 Å². The fourth-order valence-electron chi connectivity index (χ4n) is 3.29. The predicted octanol–water partition coefficient (Wildman–Crippen LogP) is 3.94. The molecule has 0 spiro atoms. The average molecular weight is 404 g/mol. The molecule has 7 heteroatoms. The van der Waals surface area contributed by atoms with E-state index in [1.165, 1.54) is 32.3 Å². The van der Waals surface area contributed by atoms with E-state index in [4.69, 9.17) is 0 Å². The molecule has 30 heavy (non-hydrogen) atoms. The van der Waals surface area contributed by atoms with E-state index in [0.717, 1.165) is 22.3 Å². The molecule has 2 aromatic carbocycles. The molecule has 0 bridgehead atoms. The Balaban J connectivity index is 1.43. The molecule has 1 amide bonds. The zero-order valence-electron chi connectivity index (χ0n) is 16.6. The maximum absolute atomic E-state index is 14.2. The van der Waals surface area contributed by atoms with Gasteiger partial charge >= 0.3 is 0 Å². The number of carbonyl (C=O) groups is 1. The number of nitrogens with one attached hydrogen (secondary N) is 1. The lowest BCUT2D eigenvalue weighted by molar-refractivity contribution is -0.115. The highest BCUT2D eigenvalue weighted by molar-refractivity contribution is 5.92. The van der Waals surface area contributed by atoms with Crippen molar-refractivity contribution >= 4 is 17.2 Å². The third kappa shape index (κ3) is 4.21. The van der Waals surface area contributed by atoms with Crippen LogP contribution >= 0.6 is 0 Å². The number of fused-ring (bicyclic) bond motifs is 1. The Morgan fingerprint density at radius 1 is 1.10 bits per heavy atom. The molecule has 0 aliphatic carbocycles. The van der Waals surface area contributed by atoms with Gasteiger partial charge in [0.25, 0.3) is 0 Å². The van der Waals surface area contributed by atoms with Crippen molar-refractivity contribution in [2.45, 2.75) is 25.9 Å². The minimum absolute atomic E-state index is 0.165. The first-order valence-electron chi connectivity index (χ1n) is 9.50. The van der Waals surface area contributed by atoms with E-state index in [2.05, 4.69) is 15.4 Å². The molecule has 0 radical (unpaired) electrons. The Kier molecular flexibility index (Phi) is 5.05. The normalized spacial score (nSPS) is 11.6. The molecular formula is C23H21FN4O2. The fraction of sp³-hybridized carbons (Fsp3) is 0.174. The maximum atomic E-state index is 14.2. The summed E-state index contributed by atoms with van der Waals surface area (Å²) in [5.41, 5.74) is 2.87. The molecule has 0 saturated carbocycles. The minimum atomic E-state index is -1.28. The highest BCUT2D eigenvalue weighted by Crippen LogP contribution is 2.25. The Morgan fingerprint density at radius 2 is 1.87 bits per heavy atom. The van der Waals surface area contributed by atoms with Crippen molar-refractivity contribution in [1.29, 1.82) is 0 Å². The number of hydrogen-bond donors (Lipinski definition) is 2. The number of anilines is 1. The summed E-state index contributed by atoms with van der Waals surface area (Å²) in [5.74, 6) is -0.808. The number of pyridine rings is 1. The number of aliphatic hydroxyl groups is 1. The van der Waals surface area contributed by atoms with Crippen molar-refractivity contribution in [2.75, 3.05) is 5.32 Å². The Labute approximate surface area is 173 Å². The number of nitrogens with zero attached hydrogens (tertiary/aromatic N) is 3. The lowest BCUT2D eigenvalue weighted by atomic mass is 9.97. The third-order valence-electron chi connectivity index (χ3n) is 4.84. The molecular weight excluding hydrogens is 383 g/mol. The first-order valence-corrected chi connectivity index (χ1v) is 9.50. The second-order valence-corrected chi connectivity index (χ2v) is 7.65. The van der Waals surface area contributed by atoms with Gasteiger partial charge in [0.05, 0.1) is 12.0 Å². The summed E-state index contributed by atoms with van der Waals surface area (Å²) in [5, 5.41) is 16.7. The topological polar surface area (TPSA) is 79.5 Å². The number of benzene rings is 2. The van der Waals surface area contributed by atoms with Crippen LogP contribution in [0.2, 0.25) is 0 Å². The fourth-order valence-corrected chi connectivity index (χ4v) is 3.29. The third-order valence-corrected chi connectivity index (χ3v) is 4.84. The summed E-state index contributed by atoms with van der Waals surface area (Å²) >= 11 is 0. The van der Waals surface area contributed by atoms with Crippen molar-refractivity contribution < 1.29 is 14.3 Å². The predicted molar refractivity (Wildman–Crippen MR) is 112 cm³/mol. The zero-order chi connectivity index (χ0) is 21.3. The summed E-state index contributed by atoms with van der Waals surface area (Å²) in [6.07, 6.45) is 3.52. The van der Waals surface area contributed by atoms with Gasteiger partial charge in [0, 0.05) is 17.4 Å². The summed E-state index contributed by atoms with van der Waals surface area (Å²) in [6, 6.07) is 15.8. The molecule has 2 aromatic heterocycles. The van der Waals surface area contributed by atoms with Crippen molar-refractivity contribution in [2.24, 2.45) is 0 Å². The molecule has 2 N–H and O–H groups in total. The van der Waals surface area contributed by atoms with Crippen LogP contribution in [-0.2, 0) is 16.8 Å². The Morgan fingerprint density at radius 3 is 2.57 bits per heavy atom. The molecule has 0 fully saturated rings. The number of carbonyl (C=O) groups excluding carboxylic acids is 1. The van der Waals surface area contributed by atoms with E-state index in [0.29, 0.717) is 5.69 Å². The van der Waals surface area contributed by atoms with Crippen molar-refractivity contribution in [3.05, 3.63) is 84.1 Å². The number of hydrogen-bond acceptors (Lipinski definition) is 4. The van der Waals surface area contributed by atoms with Crippen LogP contribution < -0.4 is 5.32 Å². The molecule has 6 nitrogen and oxygen atoms in total. The molecule has 4 aromatic rings. The van der Waals surface area contributed by atoms with Crippen LogP contribution in [0.15, 0.2) is 67.1 Å². The van der Waals surface area contributed by atoms with E-state index in [9.17, 15) is 14.3 Å². The Hall–Kier alpha value is -3.58. The van der Waals surface area contributed by atoms with Gasteiger partial charge in [0.15, 0.2) is 5.65 Å². The monoisotopic (exact) mass is 404 g/mol. The van der Waals surface area contributed by atoms with Gasteiger partial charge in [-0.25, -0.2) is 13.9 Å². The molecule has 152 valence electrons. The van der Waals surface area contributed by atoms with Crippen molar-refractivity contribution in [3.8, 4) is 11.1 Å². The van der Waals surface area contributed by atoms with Crippen LogP contribution in [0.25, 0.3) is 16.8 Å². The summed E-state index contributed by atoms with van der Waals surface area (Å²) in [4.78, 5) is 16.5. The van der Waals surface area contributed by atoms with Gasteiger partial charge in [-0.3, -0.25) is 4.79 Å². The van der Waals surface area contributed by atoms with Crippen LogP contribution in [0.5, 0.6) is 0 Å². The number of rotatable bonds is 5. The number of amides is 1. The zero-order valence-corrected chi connectivity index (χ0v) is 16.6. The van der Waals surface area contributed by atoms with Gasteiger partial charge in [-0.15, -0.1) is 0 Å². The number of aromatic nitrogens is 3. The van der Waals surface area contributed by atoms with Gasteiger partial charge in [0.1, 0.15) is 12.1 Å². The molecule has 0 unspecified atom stereocenters. The highest BCUT2D eigenvalue weighted by Gasteiger charge is 2.20. The highest BCUT2D eigenvalue weighted by atomic mass is 19.1. The molecule has 0 aliphatic rings. The van der Waals surface area contributed by atoms with Gasteiger partial charge in [-0.1, -0.05) is 30.3 Å². The van der Waals surface area contributed by atoms with Crippen LogP contribution in [-0.4, -0.2) is 25.6 Å². The van der Waals surface area contributed by atoms with Crippen molar-refractivity contribution in [1.82, 2.24) is 14.6 Å². The molecule has 0 atom stereocenters. The molecule has 0 saturated heterocycles. The molecule has 2 heterocycles. The summed E-state index contributed by atoms with van der Waals surface area (Å²) < 4.78 is 15.9. The molecule has 0 aliphatic heterocycles. The Bertz CT molecular complexity index is 1210. The van der Waals surface area contributed by atoms with Crippen LogP contribution in [0, 0.1) is 5.82 Å². The van der Waals surface area contributed by atoms with Gasteiger partial charge in [0.2, 0.25) is 5.91 Å². The summed E-state index contributed by atoms with van der Waals surface area (Å²) in [7, 11) is 0. The standard InChI is InChI=1S/C23H21FN4O2/c1-23(2,30)19-8-7-18(13-20(19)24)27-22(29)11-15-3-5-16(6-4-15)17-9-10-28-21(12-17)25-14-26-28/h3-10,12-14,30H,11H2,1-2H3,(H,27,29). The second kappa shape index (κ2) is 7.68. The van der Waals surface area contributed by atoms with Gasteiger partial charge in [-0.05, 0) is 54.8 Å². The van der Waals surface area contributed by atoms with Gasteiger partial charge in [-0.2, -0.15) is 5.10 Å².